The molecule has 0 aliphatic rings. The first kappa shape index (κ1) is 21.1. The molecule has 0 N–H and O–H groups in total. The number of rotatable bonds is 3. The van der Waals surface area contributed by atoms with Gasteiger partial charge in [-0.1, -0.05) is 23.8 Å². The molecule has 0 spiro atoms. The predicted molar refractivity (Wildman–Crippen MR) is 110 cm³/mol. The standard InChI is InChI=1S/C22H19BrN2O2.Na/c1-12-7-8-19-17(9-12)21(14(3)25(19)11-20(26)27)16-10-13(2)24-22-15(16)5-4-6-18(22)23;/h4-10H,11H2,1-3H3,(H,26,27);/q;+1/p-1. The first-order valence-corrected chi connectivity index (χ1v) is 9.51. The average Bonchev–Trinajstić information content (AvgIpc) is 2.86. The number of aliphatic carboxylic acids is 1. The van der Waals surface area contributed by atoms with E-state index in [0.29, 0.717) is 0 Å². The third-order valence-corrected chi connectivity index (χ3v) is 5.59. The van der Waals surface area contributed by atoms with E-state index in [0.717, 1.165) is 54.4 Å². The molecule has 0 radical (unpaired) electrons. The minimum absolute atomic E-state index is 0. The molecule has 2 aromatic carbocycles. The molecule has 0 fully saturated rings. The van der Waals surface area contributed by atoms with Crippen molar-refractivity contribution in [2.45, 2.75) is 27.3 Å². The van der Waals surface area contributed by atoms with Gasteiger partial charge in [0.05, 0.1) is 18.0 Å². The van der Waals surface area contributed by atoms with Gasteiger partial charge in [0.1, 0.15) is 0 Å². The fraction of sp³-hybridized carbons (Fsp3) is 0.182. The van der Waals surface area contributed by atoms with Crippen LogP contribution in [0, 0.1) is 20.8 Å². The first-order chi connectivity index (χ1) is 12.9. The van der Waals surface area contributed by atoms with Gasteiger partial charge in [-0.25, -0.2) is 0 Å². The van der Waals surface area contributed by atoms with Crippen LogP contribution in [-0.4, -0.2) is 15.5 Å². The fourth-order valence-electron chi connectivity index (χ4n) is 3.82. The molecule has 4 rings (SSSR count). The summed E-state index contributed by atoms with van der Waals surface area (Å²) in [4.78, 5) is 16.0. The van der Waals surface area contributed by atoms with E-state index >= 15 is 0 Å². The van der Waals surface area contributed by atoms with Crippen molar-refractivity contribution in [2.75, 3.05) is 0 Å². The van der Waals surface area contributed by atoms with Crippen LogP contribution >= 0.6 is 15.9 Å². The van der Waals surface area contributed by atoms with Gasteiger partial charge in [0.2, 0.25) is 0 Å². The monoisotopic (exact) mass is 444 g/mol. The third kappa shape index (κ3) is 3.52. The van der Waals surface area contributed by atoms with Crippen LogP contribution in [0.2, 0.25) is 0 Å². The number of aryl methyl sites for hydroxylation is 2. The Labute approximate surface area is 194 Å². The van der Waals surface area contributed by atoms with Gasteiger partial charge in [-0.15, -0.1) is 0 Å². The first-order valence-electron chi connectivity index (χ1n) is 8.72. The summed E-state index contributed by atoms with van der Waals surface area (Å²) in [5.74, 6) is -1.10. The number of hydrogen-bond donors (Lipinski definition) is 0. The van der Waals surface area contributed by atoms with Crippen molar-refractivity contribution in [3.8, 4) is 11.1 Å². The SMILES string of the molecule is Cc1ccc2c(c1)c(-c1cc(C)nc3c(Br)cccc13)c(C)n2CC(=O)[O-].[Na+]. The van der Waals surface area contributed by atoms with Crippen LogP contribution in [0.15, 0.2) is 46.9 Å². The second-order valence-corrected chi connectivity index (χ2v) is 7.74. The normalized spacial score (nSPS) is 11.0. The summed E-state index contributed by atoms with van der Waals surface area (Å²) in [5.41, 5.74) is 6.86. The van der Waals surface area contributed by atoms with Gasteiger partial charge in [-0.05, 0) is 66.5 Å². The summed E-state index contributed by atoms with van der Waals surface area (Å²) >= 11 is 3.60. The summed E-state index contributed by atoms with van der Waals surface area (Å²) in [5, 5.41) is 13.4. The van der Waals surface area contributed by atoms with Crippen molar-refractivity contribution in [3.05, 3.63) is 63.9 Å². The number of carboxylic acids is 1. The molecule has 2 aromatic heterocycles. The maximum Gasteiger partial charge on any atom is 1.00 e. The summed E-state index contributed by atoms with van der Waals surface area (Å²) in [7, 11) is 0. The zero-order chi connectivity index (χ0) is 19.3. The van der Waals surface area contributed by atoms with Crippen LogP contribution in [0.5, 0.6) is 0 Å². The zero-order valence-corrected chi connectivity index (χ0v) is 19.9. The van der Waals surface area contributed by atoms with Crippen LogP contribution in [0.4, 0.5) is 0 Å². The van der Waals surface area contributed by atoms with Crippen molar-refractivity contribution in [3.63, 3.8) is 0 Å². The quantitative estimate of drug-likeness (QED) is 0.447. The average molecular weight is 445 g/mol. The Hall–Kier alpha value is -1.66. The zero-order valence-electron chi connectivity index (χ0n) is 16.3. The van der Waals surface area contributed by atoms with Gasteiger partial charge < -0.3 is 14.5 Å². The van der Waals surface area contributed by atoms with Crippen LogP contribution in [0.3, 0.4) is 0 Å². The Morgan fingerprint density at radius 2 is 1.86 bits per heavy atom. The van der Waals surface area contributed by atoms with Crippen LogP contribution in [0.25, 0.3) is 32.9 Å². The van der Waals surface area contributed by atoms with E-state index in [9.17, 15) is 9.90 Å². The molecule has 28 heavy (non-hydrogen) atoms. The number of para-hydroxylation sites is 1. The summed E-state index contributed by atoms with van der Waals surface area (Å²) in [6.07, 6.45) is 0. The minimum atomic E-state index is -1.10. The maximum atomic E-state index is 11.3. The molecule has 0 saturated carbocycles. The number of nitrogens with zero attached hydrogens (tertiary/aromatic N) is 2. The van der Waals surface area contributed by atoms with E-state index in [-0.39, 0.29) is 36.1 Å². The Balaban J connectivity index is 0.00000225. The molecule has 0 amide bonds. The number of pyridine rings is 1. The maximum absolute atomic E-state index is 11.3. The van der Waals surface area contributed by atoms with Crippen molar-refractivity contribution in [1.29, 1.82) is 0 Å². The van der Waals surface area contributed by atoms with Crippen LogP contribution in [-0.2, 0) is 11.3 Å². The molecule has 0 aliphatic carbocycles. The minimum Gasteiger partial charge on any atom is -0.548 e. The van der Waals surface area contributed by atoms with Gasteiger partial charge in [0, 0.05) is 37.7 Å². The van der Waals surface area contributed by atoms with Crippen LogP contribution in [0.1, 0.15) is 17.0 Å². The Kier molecular flexibility index (Phi) is 6.01. The number of carbonyl (C=O) groups excluding carboxylic acids is 1. The number of aromatic nitrogens is 2. The molecule has 0 atom stereocenters. The molecule has 6 heteroatoms. The van der Waals surface area contributed by atoms with Crippen molar-refractivity contribution in [1.82, 2.24) is 9.55 Å². The Bertz CT molecular complexity index is 1230. The van der Waals surface area contributed by atoms with E-state index in [2.05, 4.69) is 39.1 Å². The second kappa shape index (κ2) is 7.99. The number of hydrogen-bond acceptors (Lipinski definition) is 3. The number of fused-ring (bicyclic) bond motifs is 2. The summed E-state index contributed by atoms with van der Waals surface area (Å²) in [6.45, 7) is 5.81. The summed E-state index contributed by atoms with van der Waals surface area (Å²) < 4.78 is 2.76. The number of carboxylic acid groups (broad SMARTS) is 1. The largest absolute Gasteiger partial charge is 1.00 e. The second-order valence-electron chi connectivity index (χ2n) is 6.89. The van der Waals surface area contributed by atoms with E-state index < -0.39 is 5.97 Å². The molecular formula is C22H18BrN2NaO2. The molecule has 0 unspecified atom stereocenters. The van der Waals surface area contributed by atoms with Gasteiger partial charge in [0.25, 0.3) is 0 Å². The molecule has 4 nitrogen and oxygen atoms in total. The number of benzene rings is 2. The molecule has 4 aromatic rings. The van der Waals surface area contributed by atoms with Gasteiger partial charge >= 0.3 is 29.6 Å². The number of carbonyl (C=O) groups is 1. The van der Waals surface area contributed by atoms with E-state index in [1.807, 2.05) is 49.6 Å². The van der Waals surface area contributed by atoms with Gasteiger partial charge in [-0.2, -0.15) is 0 Å². The molecule has 0 bridgehead atoms. The fourth-order valence-corrected chi connectivity index (χ4v) is 4.27. The topological polar surface area (TPSA) is 58.0 Å². The Morgan fingerprint density at radius 3 is 2.57 bits per heavy atom. The molecular weight excluding hydrogens is 427 g/mol. The third-order valence-electron chi connectivity index (χ3n) is 4.95. The number of halogens is 1. The smallest absolute Gasteiger partial charge is 0.548 e. The van der Waals surface area contributed by atoms with Gasteiger partial charge in [0.15, 0.2) is 0 Å². The molecule has 0 aliphatic heterocycles. The van der Waals surface area contributed by atoms with Crippen molar-refractivity contribution < 1.29 is 39.5 Å². The molecule has 136 valence electrons. The van der Waals surface area contributed by atoms with Crippen LogP contribution < -0.4 is 34.7 Å². The molecule has 2 heterocycles. The molecule has 0 saturated heterocycles. The summed E-state index contributed by atoms with van der Waals surface area (Å²) in [6, 6.07) is 14.2. The van der Waals surface area contributed by atoms with Crippen molar-refractivity contribution in [2.24, 2.45) is 0 Å². The van der Waals surface area contributed by atoms with E-state index in [1.165, 1.54) is 0 Å². The van der Waals surface area contributed by atoms with E-state index in [4.69, 9.17) is 0 Å². The predicted octanol–water partition coefficient (Wildman–Crippen LogP) is 1.30. The van der Waals surface area contributed by atoms with Crippen molar-refractivity contribution >= 4 is 43.7 Å². The Morgan fingerprint density at radius 1 is 1.11 bits per heavy atom. The van der Waals surface area contributed by atoms with E-state index in [1.54, 1.807) is 0 Å². The van der Waals surface area contributed by atoms with Gasteiger partial charge in [-0.3, -0.25) is 4.98 Å².